The molecule has 0 atom stereocenters. The summed E-state index contributed by atoms with van der Waals surface area (Å²) >= 11 is 0. The van der Waals surface area contributed by atoms with Gasteiger partial charge in [-0.2, -0.15) is 0 Å². The number of hydrogen-bond acceptors (Lipinski definition) is 4. The monoisotopic (exact) mass is 524 g/mol. The fourth-order valence-electron chi connectivity index (χ4n) is 3.36. The number of hydrogen-bond donors (Lipinski definition) is 2. The standard InChI is InChI=1S/C23H32N4O2.HI/c1-18-4-9-21(22(14-18)28-3)16-26-23(24-2)25-15-19-5-7-20(8-6-19)17-27-10-12-29-13-11-27;/h4-9,14H,10-13,15-17H2,1-3H3,(H2,24,25,26);1H. The largest absolute Gasteiger partial charge is 0.496 e. The Bertz CT molecular complexity index is 805. The summed E-state index contributed by atoms with van der Waals surface area (Å²) < 4.78 is 10.9. The lowest BCUT2D eigenvalue weighted by molar-refractivity contribution is 0.0342. The van der Waals surface area contributed by atoms with Crippen molar-refractivity contribution in [2.24, 2.45) is 4.99 Å². The molecule has 164 valence electrons. The van der Waals surface area contributed by atoms with Crippen LogP contribution < -0.4 is 15.4 Å². The number of morpholine rings is 1. The van der Waals surface area contributed by atoms with Crippen LogP contribution in [0.25, 0.3) is 0 Å². The van der Waals surface area contributed by atoms with Crippen molar-refractivity contribution in [3.05, 3.63) is 64.7 Å². The van der Waals surface area contributed by atoms with Crippen LogP contribution in [0.3, 0.4) is 0 Å². The molecule has 2 aromatic carbocycles. The maximum absolute atomic E-state index is 5.48. The second-order valence-corrected chi connectivity index (χ2v) is 7.30. The number of aliphatic imine (C=N–C) groups is 1. The Labute approximate surface area is 197 Å². The molecule has 1 saturated heterocycles. The van der Waals surface area contributed by atoms with Crippen LogP contribution in [0.5, 0.6) is 5.75 Å². The average Bonchev–Trinajstić information content (AvgIpc) is 2.76. The maximum Gasteiger partial charge on any atom is 0.191 e. The van der Waals surface area contributed by atoms with E-state index in [4.69, 9.17) is 9.47 Å². The summed E-state index contributed by atoms with van der Waals surface area (Å²) in [5.41, 5.74) is 4.86. The van der Waals surface area contributed by atoms with Crippen LogP contribution in [-0.2, 0) is 24.4 Å². The van der Waals surface area contributed by atoms with Crippen molar-refractivity contribution in [2.75, 3.05) is 40.5 Å². The highest BCUT2D eigenvalue weighted by Crippen LogP contribution is 2.19. The van der Waals surface area contributed by atoms with Gasteiger partial charge in [-0.15, -0.1) is 24.0 Å². The first-order valence-electron chi connectivity index (χ1n) is 10.1. The van der Waals surface area contributed by atoms with Gasteiger partial charge in [0.2, 0.25) is 0 Å². The summed E-state index contributed by atoms with van der Waals surface area (Å²) in [5, 5.41) is 6.73. The van der Waals surface area contributed by atoms with Crippen LogP contribution in [0.1, 0.15) is 22.3 Å². The molecule has 0 radical (unpaired) electrons. The van der Waals surface area contributed by atoms with Crippen molar-refractivity contribution >= 4 is 29.9 Å². The Morgan fingerprint density at radius 3 is 2.37 bits per heavy atom. The third kappa shape index (κ3) is 7.45. The number of methoxy groups -OCH3 is 1. The minimum Gasteiger partial charge on any atom is -0.496 e. The van der Waals surface area contributed by atoms with E-state index in [2.05, 4.69) is 63.8 Å². The Morgan fingerprint density at radius 2 is 1.70 bits per heavy atom. The smallest absolute Gasteiger partial charge is 0.191 e. The first-order valence-corrected chi connectivity index (χ1v) is 10.1. The van der Waals surface area contributed by atoms with Gasteiger partial charge < -0.3 is 20.1 Å². The summed E-state index contributed by atoms with van der Waals surface area (Å²) in [6.07, 6.45) is 0. The first kappa shape index (κ1) is 24.4. The number of halogens is 1. The van der Waals surface area contributed by atoms with Gasteiger partial charge in [0.05, 0.1) is 20.3 Å². The van der Waals surface area contributed by atoms with Crippen molar-refractivity contribution in [3.8, 4) is 5.75 Å². The zero-order valence-corrected chi connectivity index (χ0v) is 20.4. The summed E-state index contributed by atoms with van der Waals surface area (Å²) in [6, 6.07) is 15.0. The van der Waals surface area contributed by atoms with Crippen LogP contribution >= 0.6 is 24.0 Å². The van der Waals surface area contributed by atoms with Crippen LogP contribution in [-0.4, -0.2) is 51.3 Å². The zero-order chi connectivity index (χ0) is 20.5. The van der Waals surface area contributed by atoms with Crippen LogP contribution in [0.15, 0.2) is 47.5 Å². The molecule has 0 spiro atoms. The predicted octanol–water partition coefficient (Wildman–Crippen LogP) is 3.32. The lowest BCUT2D eigenvalue weighted by atomic mass is 10.1. The maximum atomic E-state index is 5.48. The molecule has 1 aliphatic heterocycles. The lowest BCUT2D eigenvalue weighted by Crippen LogP contribution is -2.36. The number of aryl methyl sites for hydroxylation is 1. The molecular weight excluding hydrogens is 491 g/mol. The minimum absolute atomic E-state index is 0. The molecule has 0 saturated carbocycles. The Balaban J connectivity index is 0.00000320. The van der Waals surface area contributed by atoms with Crippen LogP contribution in [0, 0.1) is 6.92 Å². The molecule has 3 rings (SSSR count). The molecule has 0 unspecified atom stereocenters. The summed E-state index contributed by atoms with van der Waals surface area (Å²) in [4.78, 5) is 6.75. The van der Waals surface area contributed by atoms with Gasteiger partial charge in [-0.1, -0.05) is 36.4 Å². The van der Waals surface area contributed by atoms with E-state index < -0.39 is 0 Å². The molecule has 30 heavy (non-hydrogen) atoms. The lowest BCUT2D eigenvalue weighted by Gasteiger charge is -2.26. The van der Waals surface area contributed by atoms with E-state index in [0.29, 0.717) is 6.54 Å². The molecule has 7 heteroatoms. The fourth-order valence-corrected chi connectivity index (χ4v) is 3.36. The molecule has 0 amide bonds. The van der Waals surface area contributed by atoms with E-state index in [1.807, 2.05) is 6.07 Å². The number of ether oxygens (including phenoxy) is 2. The number of nitrogens with zero attached hydrogens (tertiary/aromatic N) is 2. The fraction of sp³-hybridized carbons (Fsp3) is 0.435. The van der Waals surface area contributed by atoms with Gasteiger partial charge in [-0.05, 0) is 29.7 Å². The van der Waals surface area contributed by atoms with Gasteiger partial charge in [0.1, 0.15) is 5.75 Å². The quantitative estimate of drug-likeness (QED) is 0.331. The third-order valence-corrected chi connectivity index (χ3v) is 5.11. The molecule has 2 N–H and O–H groups in total. The molecule has 1 aliphatic rings. The Hall–Kier alpha value is -1.84. The van der Waals surface area contributed by atoms with E-state index in [1.54, 1.807) is 14.2 Å². The first-order chi connectivity index (χ1) is 14.2. The highest BCUT2D eigenvalue weighted by Gasteiger charge is 2.10. The van der Waals surface area contributed by atoms with Crippen molar-refractivity contribution in [1.82, 2.24) is 15.5 Å². The third-order valence-electron chi connectivity index (χ3n) is 5.11. The summed E-state index contributed by atoms with van der Waals surface area (Å²) in [6.45, 7) is 8.12. The van der Waals surface area contributed by atoms with Gasteiger partial charge >= 0.3 is 0 Å². The van der Waals surface area contributed by atoms with E-state index in [-0.39, 0.29) is 24.0 Å². The topological polar surface area (TPSA) is 58.1 Å². The number of guanidine groups is 1. The van der Waals surface area contributed by atoms with Crippen LogP contribution in [0.4, 0.5) is 0 Å². The van der Waals surface area contributed by atoms with E-state index in [9.17, 15) is 0 Å². The van der Waals surface area contributed by atoms with Crippen molar-refractivity contribution in [1.29, 1.82) is 0 Å². The van der Waals surface area contributed by atoms with Crippen LogP contribution in [0.2, 0.25) is 0 Å². The second-order valence-electron chi connectivity index (χ2n) is 7.30. The van der Waals surface area contributed by atoms with E-state index in [0.717, 1.165) is 56.7 Å². The van der Waals surface area contributed by atoms with Gasteiger partial charge in [0, 0.05) is 45.3 Å². The molecule has 0 bridgehead atoms. The van der Waals surface area contributed by atoms with Crippen molar-refractivity contribution < 1.29 is 9.47 Å². The number of benzene rings is 2. The Morgan fingerprint density at radius 1 is 1.03 bits per heavy atom. The van der Waals surface area contributed by atoms with E-state index in [1.165, 1.54) is 16.7 Å². The molecule has 6 nitrogen and oxygen atoms in total. The van der Waals surface area contributed by atoms with Gasteiger partial charge in [-0.3, -0.25) is 9.89 Å². The van der Waals surface area contributed by atoms with Gasteiger partial charge in [-0.25, -0.2) is 0 Å². The molecule has 0 aliphatic carbocycles. The minimum atomic E-state index is 0. The molecule has 2 aromatic rings. The molecule has 1 heterocycles. The molecule has 0 aromatic heterocycles. The van der Waals surface area contributed by atoms with Crippen molar-refractivity contribution in [2.45, 2.75) is 26.6 Å². The van der Waals surface area contributed by atoms with Gasteiger partial charge in [0.25, 0.3) is 0 Å². The summed E-state index contributed by atoms with van der Waals surface area (Å²) in [5.74, 6) is 1.66. The molecule has 1 fully saturated rings. The van der Waals surface area contributed by atoms with E-state index >= 15 is 0 Å². The van der Waals surface area contributed by atoms with Crippen molar-refractivity contribution in [3.63, 3.8) is 0 Å². The normalized spacial score (nSPS) is 14.7. The average molecular weight is 524 g/mol. The second kappa shape index (κ2) is 12.8. The Kier molecular flexibility index (Phi) is 10.4. The SMILES string of the molecule is CN=C(NCc1ccc(CN2CCOCC2)cc1)NCc1ccc(C)cc1OC.I. The van der Waals surface area contributed by atoms with Gasteiger partial charge in [0.15, 0.2) is 5.96 Å². The highest BCUT2D eigenvalue weighted by molar-refractivity contribution is 14.0. The number of nitrogens with one attached hydrogen (secondary N) is 2. The predicted molar refractivity (Wildman–Crippen MR) is 133 cm³/mol. The molecular formula is C23H33IN4O2. The highest BCUT2D eigenvalue weighted by atomic mass is 127. The number of rotatable bonds is 7. The summed E-state index contributed by atoms with van der Waals surface area (Å²) in [7, 11) is 3.49. The zero-order valence-electron chi connectivity index (χ0n) is 18.1.